The smallest absolute Gasteiger partial charge is 0.274 e. The predicted molar refractivity (Wildman–Crippen MR) is 149 cm³/mol. The van der Waals surface area contributed by atoms with Gasteiger partial charge in [-0.25, -0.2) is 19.3 Å². The number of morpholine rings is 1. The van der Waals surface area contributed by atoms with Crippen molar-refractivity contribution < 1.29 is 19.0 Å². The van der Waals surface area contributed by atoms with Crippen LogP contribution in [0.2, 0.25) is 0 Å². The standard InChI is InChI=1S/C29H27FN8O3/c1-2-16-10-25(39)20(30)11-19(16)17-3-4-18-21(9-17)35-36-27(18)28-33-23-14-38(15-24(23)34-28)29(40)22-12-32-26(13-31-22)37-5-7-41-8-6-37/h3-4,9-13,39H,2,5-8,14-15H2,1H3,(H,33,34)(H,35,36). The molecule has 2 aromatic carbocycles. The molecule has 2 aliphatic rings. The fraction of sp³-hybridized carbons (Fsp3) is 0.276. The number of aromatic nitrogens is 6. The third-order valence-electron chi connectivity index (χ3n) is 7.69. The van der Waals surface area contributed by atoms with Gasteiger partial charge in [0.2, 0.25) is 0 Å². The number of ether oxygens (including phenoxy) is 1. The summed E-state index contributed by atoms with van der Waals surface area (Å²) in [5.41, 5.74) is 5.77. The first kappa shape index (κ1) is 25.1. The molecule has 208 valence electrons. The molecule has 1 amide bonds. The number of carbonyl (C=O) groups is 1. The lowest BCUT2D eigenvalue weighted by atomic mass is 9.96. The van der Waals surface area contributed by atoms with Crippen molar-refractivity contribution in [1.29, 1.82) is 0 Å². The quantitative estimate of drug-likeness (QED) is 0.298. The maximum atomic E-state index is 14.1. The largest absolute Gasteiger partial charge is 0.505 e. The highest BCUT2D eigenvalue weighted by atomic mass is 19.1. The van der Waals surface area contributed by atoms with Gasteiger partial charge in [0.1, 0.15) is 17.2 Å². The monoisotopic (exact) mass is 554 g/mol. The summed E-state index contributed by atoms with van der Waals surface area (Å²) in [5, 5.41) is 18.2. The van der Waals surface area contributed by atoms with E-state index in [1.54, 1.807) is 11.1 Å². The highest BCUT2D eigenvalue weighted by Gasteiger charge is 2.29. The normalized spacial score (nSPS) is 15.1. The number of fused-ring (bicyclic) bond motifs is 2. The number of rotatable bonds is 5. The van der Waals surface area contributed by atoms with Gasteiger partial charge in [-0.1, -0.05) is 13.0 Å². The van der Waals surface area contributed by atoms with Crippen LogP contribution < -0.4 is 4.90 Å². The summed E-state index contributed by atoms with van der Waals surface area (Å²) < 4.78 is 19.5. The minimum absolute atomic E-state index is 0.200. The van der Waals surface area contributed by atoms with Gasteiger partial charge in [0, 0.05) is 18.5 Å². The second kappa shape index (κ2) is 9.97. The molecule has 7 rings (SSSR count). The number of hydrogen-bond acceptors (Lipinski definition) is 8. The summed E-state index contributed by atoms with van der Waals surface area (Å²) in [6, 6.07) is 8.59. The van der Waals surface area contributed by atoms with Crippen molar-refractivity contribution in [1.82, 2.24) is 35.0 Å². The first-order valence-corrected chi connectivity index (χ1v) is 13.5. The number of carbonyl (C=O) groups excluding carboxylic acids is 1. The molecule has 0 aliphatic carbocycles. The van der Waals surface area contributed by atoms with Crippen molar-refractivity contribution in [3.05, 3.63) is 71.2 Å². The van der Waals surface area contributed by atoms with Gasteiger partial charge in [0.05, 0.1) is 55.6 Å². The molecule has 0 atom stereocenters. The van der Waals surface area contributed by atoms with Crippen LogP contribution in [0.5, 0.6) is 5.75 Å². The van der Waals surface area contributed by atoms with E-state index in [1.165, 1.54) is 18.3 Å². The van der Waals surface area contributed by atoms with Crippen molar-refractivity contribution in [2.75, 3.05) is 31.2 Å². The van der Waals surface area contributed by atoms with Crippen molar-refractivity contribution in [2.45, 2.75) is 26.4 Å². The van der Waals surface area contributed by atoms with Gasteiger partial charge in [-0.3, -0.25) is 9.89 Å². The highest BCUT2D eigenvalue weighted by Crippen LogP contribution is 2.34. The number of phenolic OH excluding ortho intramolecular Hbond substituents is 1. The summed E-state index contributed by atoms with van der Waals surface area (Å²) in [5.74, 6) is 0.144. The average Bonchev–Trinajstić information content (AvgIpc) is 3.71. The SMILES string of the molecule is CCc1cc(O)c(F)cc1-c1ccc2c(-c3nc4c([nH]3)CN(C(=O)c3cnc(N5CCOCC5)cn3)C4)n[nH]c2c1. The van der Waals surface area contributed by atoms with Gasteiger partial charge in [0.25, 0.3) is 5.91 Å². The summed E-state index contributed by atoms with van der Waals surface area (Å²) >= 11 is 0. The molecule has 11 nitrogen and oxygen atoms in total. The van der Waals surface area contributed by atoms with Crippen molar-refractivity contribution in [3.8, 4) is 28.4 Å². The first-order valence-electron chi connectivity index (χ1n) is 13.5. The number of nitrogens with one attached hydrogen (secondary N) is 2. The van der Waals surface area contributed by atoms with Gasteiger partial charge in [-0.2, -0.15) is 5.10 Å². The Morgan fingerprint density at radius 1 is 1.12 bits per heavy atom. The van der Waals surface area contributed by atoms with Crippen LogP contribution in [0, 0.1) is 5.82 Å². The molecule has 1 saturated heterocycles. The van der Waals surface area contributed by atoms with Crippen LogP contribution in [0.15, 0.2) is 42.7 Å². The van der Waals surface area contributed by atoms with E-state index in [4.69, 9.17) is 9.72 Å². The topological polar surface area (TPSA) is 136 Å². The molecule has 3 N–H and O–H groups in total. The molecule has 0 radical (unpaired) electrons. The zero-order chi connectivity index (χ0) is 28.1. The Hall–Kier alpha value is -4.84. The van der Waals surface area contributed by atoms with E-state index in [-0.39, 0.29) is 11.7 Å². The summed E-state index contributed by atoms with van der Waals surface area (Å²) in [6.07, 6.45) is 3.82. The Bertz CT molecular complexity index is 1750. The minimum atomic E-state index is -0.655. The molecule has 12 heteroatoms. The third kappa shape index (κ3) is 4.45. The maximum absolute atomic E-state index is 14.1. The van der Waals surface area contributed by atoms with Crippen LogP contribution in [0.1, 0.15) is 34.4 Å². The Balaban J connectivity index is 1.09. The molecule has 5 heterocycles. The van der Waals surface area contributed by atoms with Gasteiger partial charge in [-0.05, 0) is 47.4 Å². The fourth-order valence-corrected chi connectivity index (χ4v) is 5.47. The molecule has 2 aliphatic heterocycles. The highest BCUT2D eigenvalue weighted by molar-refractivity contribution is 5.94. The lowest BCUT2D eigenvalue weighted by molar-refractivity contribution is 0.0742. The van der Waals surface area contributed by atoms with E-state index in [2.05, 4.69) is 30.0 Å². The Morgan fingerprint density at radius 3 is 2.73 bits per heavy atom. The van der Waals surface area contributed by atoms with Crippen LogP contribution in [0.4, 0.5) is 10.2 Å². The second-order valence-corrected chi connectivity index (χ2v) is 10.2. The van der Waals surface area contributed by atoms with Gasteiger partial charge in [0.15, 0.2) is 17.4 Å². The van der Waals surface area contributed by atoms with Crippen LogP contribution >= 0.6 is 0 Å². The minimum Gasteiger partial charge on any atom is -0.505 e. The van der Waals surface area contributed by atoms with E-state index in [9.17, 15) is 14.3 Å². The number of nitrogens with zero attached hydrogens (tertiary/aromatic N) is 6. The number of anilines is 1. The number of benzene rings is 2. The Morgan fingerprint density at radius 2 is 1.98 bits per heavy atom. The number of amides is 1. The van der Waals surface area contributed by atoms with Crippen molar-refractivity contribution in [3.63, 3.8) is 0 Å². The van der Waals surface area contributed by atoms with E-state index in [1.807, 2.05) is 25.1 Å². The molecule has 0 bridgehead atoms. The van der Waals surface area contributed by atoms with Gasteiger partial charge >= 0.3 is 0 Å². The molecule has 3 aromatic heterocycles. The maximum Gasteiger partial charge on any atom is 0.274 e. The van der Waals surface area contributed by atoms with Crippen molar-refractivity contribution >= 4 is 22.6 Å². The summed E-state index contributed by atoms with van der Waals surface area (Å²) in [4.78, 5) is 33.8. The second-order valence-electron chi connectivity index (χ2n) is 10.2. The van der Waals surface area contributed by atoms with E-state index >= 15 is 0 Å². The Kier molecular flexibility index (Phi) is 6.11. The number of aromatic hydroxyl groups is 1. The number of phenols is 1. The number of imidazole rings is 1. The lowest BCUT2D eigenvalue weighted by Crippen LogP contribution is -2.37. The van der Waals surface area contributed by atoms with Crippen LogP contribution in [-0.4, -0.2) is 72.4 Å². The average molecular weight is 555 g/mol. The van der Waals surface area contributed by atoms with E-state index < -0.39 is 5.82 Å². The zero-order valence-electron chi connectivity index (χ0n) is 22.3. The van der Waals surface area contributed by atoms with Crippen molar-refractivity contribution in [2.24, 2.45) is 0 Å². The molecule has 0 saturated carbocycles. The molecule has 5 aromatic rings. The number of hydrogen-bond donors (Lipinski definition) is 3. The van der Waals surface area contributed by atoms with Crippen LogP contribution in [0.25, 0.3) is 33.5 Å². The third-order valence-corrected chi connectivity index (χ3v) is 7.69. The van der Waals surface area contributed by atoms with Crippen LogP contribution in [0.3, 0.4) is 0 Å². The summed E-state index contributed by atoms with van der Waals surface area (Å²) in [6.45, 7) is 5.51. The number of aromatic amines is 2. The van der Waals surface area contributed by atoms with Crippen LogP contribution in [-0.2, 0) is 24.2 Å². The molecule has 41 heavy (non-hydrogen) atoms. The summed E-state index contributed by atoms with van der Waals surface area (Å²) in [7, 11) is 0. The Labute approximate surface area is 234 Å². The number of aryl methyl sites for hydroxylation is 1. The predicted octanol–water partition coefficient (Wildman–Crippen LogP) is 3.81. The number of H-pyrrole nitrogens is 2. The molecular weight excluding hydrogens is 527 g/mol. The number of halogens is 1. The molecule has 0 unspecified atom stereocenters. The van der Waals surface area contributed by atoms with Gasteiger partial charge < -0.3 is 24.6 Å². The van der Waals surface area contributed by atoms with Gasteiger partial charge in [-0.15, -0.1) is 0 Å². The van der Waals surface area contributed by atoms with E-state index in [0.717, 1.165) is 57.9 Å². The molecule has 0 spiro atoms. The molecule has 1 fully saturated rings. The first-order chi connectivity index (χ1) is 20.0. The van der Waals surface area contributed by atoms with E-state index in [0.29, 0.717) is 49.9 Å². The molecular formula is C29H27FN8O3. The fourth-order valence-electron chi connectivity index (χ4n) is 5.47. The zero-order valence-corrected chi connectivity index (χ0v) is 22.3. The lowest BCUT2D eigenvalue weighted by Gasteiger charge is -2.27.